The van der Waals surface area contributed by atoms with Gasteiger partial charge in [0.15, 0.2) is 0 Å². The van der Waals surface area contributed by atoms with Crippen molar-refractivity contribution in [2.75, 3.05) is 7.05 Å². The molecule has 1 aliphatic carbocycles. The summed E-state index contributed by atoms with van der Waals surface area (Å²) in [6, 6.07) is 0. The van der Waals surface area contributed by atoms with Crippen molar-refractivity contribution in [3.63, 3.8) is 0 Å². The largest absolute Gasteiger partial charge is 0.378 e. The number of hydrogen-bond donors (Lipinski definition) is 2. The van der Waals surface area contributed by atoms with Gasteiger partial charge in [-0.2, -0.15) is 0 Å². The standard InChI is InChI=1S/C12H26.C7H13Cl.C7H15NO.C4H8.C3H4/c1-6-7-9-12(4,5)10-8-11(2)3;1-6-2-4-7(8)5-3-6;1-4-5-6(2)7(9)8-3;1-3-4-2;1-3-2/h11H,6-10H2,1-5H3;6-7H,2-5H2,1H3;4,6-9H,1,5H2,2-3H3;3H,1,4H2,2H3;1H,2H3. The lowest BCUT2D eigenvalue weighted by atomic mass is 9.81. The Morgan fingerprint density at radius 2 is 1.56 bits per heavy atom. The van der Waals surface area contributed by atoms with Gasteiger partial charge in [-0.3, -0.25) is 5.32 Å². The molecule has 0 spiro atoms. The predicted octanol–water partition coefficient (Wildman–Crippen LogP) is 10.4. The Bertz CT molecular complexity index is 476. The number of terminal acetylenes is 1. The van der Waals surface area contributed by atoms with Crippen molar-refractivity contribution in [3.05, 3.63) is 25.3 Å². The average Bonchev–Trinajstić information content (AvgIpc) is 2.84. The molecular weight excluding hydrogens is 462 g/mol. The van der Waals surface area contributed by atoms with E-state index >= 15 is 0 Å². The summed E-state index contributed by atoms with van der Waals surface area (Å²) >= 11 is 5.88. The summed E-state index contributed by atoms with van der Waals surface area (Å²) in [6.07, 6.45) is 21.9. The fourth-order valence-electron chi connectivity index (χ4n) is 3.36. The van der Waals surface area contributed by atoms with Crippen LogP contribution in [-0.2, 0) is 0 Å². The highest BCUT2D eigenvalue weighted by Crippen LogP contribution is 2.30. The molecule has 0 saturated heterocycles. The summed E-state index contributed by atoms with van der Waals surface area (Å²) in [5.74, 6) is 4.31. The highest BCUT2D eigenvalue weighted by atomic mass is 35.5. The zero-order valence-corrected chi connectivity index (χ0v) is 26.9. The molecule has 2 N–H and O–H groups in total. The molecule has 0 aromatic carbocycles. The van der Waals surface area contributed by atoms with E-state index in [9.17, 15) is 0 Å². The van der Waals surface area contributed by atoms with E-state index < -0.39 is 6.23 Å². The minimum atomic E-state index is -0.400. The molecular formula is C33H66ClNO. The second kappa shape index (κ2) is 30.5. The minimum Gasteiger partial charge on any atom is -0.378 e. The molecule has 0 aliphatic heterocycles. The molecule has 1 rings (SSSR count). The highest BCUT2D eigenvalue weighted by Gasteiger charge is 2.17. The number of unbranched alkanes of at least 4 members (excludes halogenated alkanes) is 1. The van der Waals surface area contributed by atoms with Crippen molar-refractivity contribution >= 4 is 11.6 Å². The molecule has 1 aliphatic rings. The number of allylic oxidation sites excluding steroid dienone is 2. The molecule has 1 fully saturated rings. The first-order valence-electron chi connectivity index (χ1n) is 14.4. The Balaban J connectivity index is -0.000000191. The van der Waals surface area contributed by atoms with Crippen molar-refractivity contribution < 1.29 is 5.11 Å². The molecule has 36 heavy (non-hydrogen) atoms. The summed E-state index contributed by atoms with van der Waals surface area (Å²) in [5.41, 5.74) is 0.584. The van der Waals surface area contributed by atoms with Crippen LogP contribution in [-0.4, -0.2) is 23.8 Å². The monoisotopic (exact) mass is 527 g/mol. The SMILES string of the molecule is C#CC.C=CCC.C=CCC(C)C(O)NC.CC1CCC(Cl)CC1.CCCCC(C)(C)CCC(C)C. The minimum absolute atomic E-state index is 0.257. The van der Waals surface area contributed by atoms with Gasteiger partial charge in [0.1, 0.15) is 6.23 Å². The highest BCUT2D eigenvalue weighted by molar-refractivity contribution is 6.20. The lowest BCUT2D eigenvalue weighted by Crippen LogP contribution is -2.31. The second-order valence-electron chi connectivity index (χ2n) is 11.3. The number of hydrogen-bond acceptors (Lipinski definition) is 2. The van der Waals surface area contributed by atoms with Crippen LogP contribution < -0.4 is 5.32 Å². The lowest BCUT2D eigenvalue weighted by Gasteiger charge is -2.25. The van der Waals surface area contributed by atoms with Crippen LogP contribution >= 0.6 is 11.6 Å². The van der Waals surface area contributed by atoms with Crippen molar-refractivity contribution in [1.82, 2.24) is 5.32 Å². The molecule has 2 nitrogen and oxygen atoms in total. The summed E-state index contributed by atoms with van der Waals surface area (Å²) in [7, 11) is 1.74. The zero-order valence-electron chi connectivity index (χ0n) is 26.1. The van der Waals surface area contributed by atoms with E-state index in [2.05, 4.69) is 79.3 Å². The third-order valence-electron chi connectivity index (χ3n) is 6.21. The van der Waals surface area contributed by atoms with E-state index in [0.717, 1.165) is 24.7 Å². The predicted molar refractivity (Wildman–Crippen MR) is 169 cm³/mol. The molecule has 2 unspecified atom stereocenters. The Morgan fingerprint density at radius 1 is 1.08 bits per heavy atom. The molecule has 0 radical (unpaired) electrons. The van der Waals surface area contributed by atoms with Crippen molar-refractivity contribution in [3.8, 4) is 12.3 Å². The first-order chi connectivity index (χ1) is 16.8. The van der Waals surface area contributed by atoms with E-state index in [4.69, 9.17) is 16.7 Å². The maximum atomic E-state index is 9.10. The van der Waals surface area contributed by atoms with Crippen molar-refractivity contribution in [2.24, 2.45) is 23.2 Å². The zero-order chi connectivity index (χ0) is 29.0. The fraction of sp³-hybridized carbons (Fsp3) is 0.818. The molecule has 0 heterocycles. The van der Waals surface area contributed by atoms with Crippen LogP contribution in [0.5, 0.6) is 0 Å². The van der Waals surface area contributed by atoms with Gasteiger partial charge in [-0.05, 0) is 88.5 Å². The first-order valence-corrected chi connectivity index (χ1v) is 14.8. The second-order valence-corrected chi connectivity index (χ2v) is 11.9. The van der Waals surface area contributed by atoms with Gasteiger partial charge in [-0.15, -0.1) is 37.1 Å². The number of rotatable bonds is 11. The van der Waals surface area contributed by atoms with Crippen molar-refractivity contribution in [2.45, 2.75) is 145 Å². The number of aliphatic hydroxyl groups excluding tert-OH is 1. The summed E-state index contributed by atoms with van der Waals surface area (Å²) in [6.45, 7) is 26.8. The van der Waals surface area contributed by atoms with Gasteiger partial charge in [0.2, 0.25) is 0 Å². The van der Waals surface area contributed by atoms with Gasteiger partial charge < -0.3 is 5.11 Å². The number of aliphatic hydroxyl groups is 1. The third-order valence-corrected chi connectivity index (χ3v) is 6.65. The van der Waals surface area contributed by atoms with Crippen LogP contribution in [0, 0.1) is 35.5 Å². The molecule has 0 bridgehead atoms. The van der Waals surface area contributed by atoms with Gasteiger partial charge in [-0.1, -0.05) is 86.8 Å². The maximum Gasteiger partial charge on any atom is 0.107 e. The molecule has 3 heteroatoms. The molecule has 1 saturated carbocycles. The Morgan fingerprint density at radius 3 is 1.86 bits per heavy atom. The van der Waals surface area contributed by atoms with E-state index in [-0.39, 0.29) is 5.92 Å². The number of alkyl halides is 1. The molecule has 0 aromatic heterocycles. The summed E-state index contributed by atoms with van der Waals surface area (Å²) in [4.78, 5) is 0. The molecule has 216 valence electrons. The Hall–Kier alpha value is -0.750. The molecule has 2 atom stereocenters. The molecule has 0 aromatic rings. The first kappa shape index (κ1) is 42.3. The maximum absolute atomic E-state index is 9.10. The Kier molecular flexibility index (Phi) is 35.8. The smallest absolute Gasteiger partial charge is 0.107 e. The van der Waals surface area contributed by atoms with Gasteiger partial charge in [-0.25, -0.2) is 0 Å². The fourth-order valence-corrected chi connectivity index (χ4v) is 3.61. The lowest BCUT2D eigenvalue weighted by molar-refractivity contribution is 0.0921. The summed E-state index contributed by atoms with van der Waals surface area (Å²) < 4.78 is 0. The number of nitrogens with one attached hydrogen (secondary N) is 1. The van der Waals surface area contributed by atoms with Crippen LogP contribution in [0.3, 0.4) is 0 Å². The van der Waals surface area contributed by atoms with Crippen LogP contribution in [0.25, 0.3) is 0 Å². The van der Waals surface area contributed by atoms with Crippen LogP contribution in [0.2, 0.25) is 0 Å². The van der Waals surface area contributed by atoms with E-state index in [1.807, 2.05) is 19.1 Å². The summed E-state index contributed by atoms with van der Waals surface area (Å²) in [5, 5.41) is 12.3. The van der Waals surface area contributed by atoms with Crippen LogP contribution in [0.4, 0.5) is 0 Å². The normalized spacial score (nSPS) is 18.1. The van der Waals surface area contributed by atoms with Crippen LogP contribution in [0.1, 0.15) is 133 Å². The topological polar surface area (TPSA) is 32.3 Å². The van der Waals surface area contributed by atoms with E-state index in [1.54, 1.807) is 14.0 Å². The van der Waals surface area contributed by atoms with Gasteiger partial charge in [0.05, 0.1) is 0 Å². The average molecular weight is 528 g/mol. The van der Waals surface area contributed by atoms with Gasteiger partial charge >= 0.3 is 0 Å². The Labute approximate surface area is 234 Å². The third kappa shape index (κ3) is 37.8. The van der Waals surface area contributed by atoms with E-state index in [0.29, 0.717) is 10.8 Å². The molecule has 0 amide bonds. The van der Waals surface area contributed by atoms with Gasteiger partial charge in [0, 0.05) is 5.38 Å². The van der Waals surface area contributed by atoms with Gasteiger partial charge in [0.25, 0.3) is 0 Å². The van der Waals surface area contributed by atoms with Crippen molar-refractivity contribution in [1.29, 1.82) is 0 Å². The number of halogens is 1. The quantitative estimate of drug-likeness (QED) is 0.121. The van der Waals surface area contributed by atoms with E-state index in [1.165, 1.54) is 57.8 Å². The van der Waals surface area contributed by atoms with Crippen LogP contribution in [0.15, 0.2) is 25.3 Å².